The predicted molar refractivity (Wildman–Crippen MR) is 71.9 cm³/mol. The zero-order valence-electron chi connectivity index (χ0n) is 10.2. The fraction of sp³-hybridized carbons (Fsp3) is 0.286. The second-order valence-electron chi connectivity index (χ2n) is 4.22. The van der Waals surface area contributed by atoms with Gasteiger partial charge in [0.05, 0.1) is 12.7 Å². The lowest BCUT2D eigenvalue weighted by Gasteiger charge is -2.21. The standard InChI is InChI=1S/C14H16FNOS/c1-10(16)14(11-4-6-12(15)7-5-11)17-9-13-3-2-8-18-13/h2-8,10,14H,9,16H2,1H3. The second kappa shape index (κ2) is 6.09. The summed E-state index contributed by atoms with van der Waals surface area (Å²) in [7, 11) is 0. The summed E-state index contributed by atoms with van der Waals surface area (Å²) in [6, 6.07) is 10.2. The van der Waals surface area contributed by atoms with Gasteiger partial charge in [0.15, 0.2) is 0 Å². The predicted octanol–water partition coefficient (Wildman–Crippen LogP) is 3.49. The lowest BCUT2D eigenvalue weighted by molar-refractivity contribution is 0.0273. The molecule has 0 aliphatic carbocycles. The third-order valence-electron chi connectivity index (χ3n) is 2.66. The van der Waals surface area contributed by atoms with Gasteiger partial charge in [-0.15, -0.1) is 11.3 Å². The molecule has 1 aromatic heterocycles. The van der Waals surface area contributed by atoms with Crippen LogP contribution < -0.4 is 5.73 Å². The highest BCUT2D eigenvalue weighted by Crippen LogP contribution is 2.23. The van der Waals surface area contributed by atoms with Crippen molar-refractivity contribution < 1.29 is 9.13 Å². The molecule has 4 heteroatoms. The molecule has 2 rings (SSSR count). The Morgan fingerprint density at radius 2 is 2.00 bits per heavy atom. The number of thiophene rings is 1. The third-order valence-corrected chi connectivity index (χ3v) is 3.51. The van der Waals surface area contributed by atoms with E-state index >= 15 is 0 Å². The summed E-state index contributed by atoms with van der Waals surface area (Å²) in [5.74, 6) is -0.250. The van der Waals surface area contributed by atoms with Crippen molar-refractivity contribution in [1.29, 1.82) is 0 Å². The van der Waals surface area contributed by atoms with Gasteiger partial charge < -0.3 is 10.5 Å². The summed E-state index contributed by atoms with van der Waals surface area (Å²) in [5.41, 5.74) is 6.84. The SMILES string of the molecule is CC(N)C(OCc1cccs1)c1ccc(F)cc1. The Labute approximate surface area is 110 Å². The van der Waals surface area contributed by atoms with Crippen LogP contribution in [0.25, 0.3) is 0 Å². The number of halogens is 1. The van der Waals surface area contributed by atoms with Gasteiger partial charge in [0, 0.05) is 10.9 Å². The summed E-state index contributed by atoms with van der Waals surface area (Å²) in [5, 5.41) is 2.01. The summed E-state index contributed by atoms with van der Waals surface area (Å²) >= 11 is 1.65. The van der Waals surface area contributed by atoms with E-state index in [1.807, 2.05) is 24.4 Å². The van der Waals surface area contributed by atoms with E-state index in [0.29, 0.717) is 6.61 Å². The molecule has 0 spiro atoms. The van der Waals surface area contributed by atoms with Crippen LogP contribution in [0.3, 0.4) is 0 Å². The average Bonchev–Trinajstić information content (AvgIpc) is 2.84. The summed E-state index contributed by atoms with van der Waals surface area (Å²) < 4.78 is 18.7. The van der Waals surface area contributed by atoms with Crippen molar-refractivity contribution in [1.82, 2.24) is 0 Å². The zero-order chi connectivity index (χ0) is 13.0. The minimum atomic E-state index is -0.250. The maximum absolute atomic E-state index is 12.9. The molecule has 2 atom stereocenters. The van der Waals surface area contributed by atoms with E-state index < -0.39 is 0 Å². The van der Waals surface area contributed by atoms with E-state index in [9.17, 15) is 4.39 Å². The van der Waals surface area contributed by atoms with E-state index in [2.05, 4.69) is 0 Å². The first-order chi connectivity index (χ1) is 8.66. The van der Waals surface area contributed by atoms with Gasteiger partial charge in [-0.1, -0.05) is 18.2 Å². The maximum Gasteiger partial charge on any atom is 0.123 e. The molecule has 96 valence electrons. The molecule has 2 aromatic rings. The van der Waals surface area contributed by atoms with Crippen LogP contribution >= 0.6 is 11.3 Å². The van der Waals surface area contributed by atoms with Crippen LogP contribution in [0.5, 0.6) is 0 Å². The van der Waals surface area contributed by atoms with Crippen LogP contribution in [0.15, 0.2) is 41.8 Å². The third kappa shape index (κ3) is 3.38. The van der Waals surface area contributed by atoms with Gasteiger partial charge in [-0.2, -0.15) is 0 Å². The van der Waals surface area contributed by atoms with Gasteiger partial charge in [-0.25, -0.2) is 4.39 Å². The Morgan fingerprint density at radius 3 is 2.56 bits per heavy atom. The number of benzene rings is 1. The normalized spacial score (nSPS) is 14.4. The lowest BCUT2D eigenvalue weighted by Crippen LogP contribution is -2.26. The number of ether oxygens (including phenoxy) is 1. The Bertz CT molecular complexity index is 467. The van der Waals surface area contributed by atoms with Gasteiger partial charge in [0.25, 0.3) is 0 Å². The minimum Gasteiger partial charge on any atom is -0.366 e. The molecule has 0 amide bonds. The molecule has 2 nitrogen and oxygen atoms in total. The highest BCUT2D eigenvalue weighted by atomic mass is 32.1. The molecule has 0 aliphatic heterocycles. The van der Waals surface area contributed by atoms with Crippen molar-refractivity contribution in [3.63, 3.8) is 0 Å². The monoisotopic (exact) mass is 265 g/mol. The van der Waals surface area contributed by atoms with E-state index in [1.165, 1.54) is 12.1 Å². The summed E-state index contributed by atoms with van der Waals surface area (Å²) in [6.07, 6.45) is -0.215. The van der Waals surface area contributed by atoms with Gasteiger partial charge in [-0.05, 0) is 36.1 Å². The molecule has 0 aliphatic rings. The van der Waals surface area contributed by atoms with E-state index in [4.69, 9.17) is 10.5 Å². The Kier molecular flexibility index (Phi) is 4.47. The molecule has 1 aromatic carbocycles. The highest BCUT2D eigenvalue weighted by Gasteiger charge is 2.17. The van der Waals surface area contributed by atoms with Crippen LogP contribution in [-0.2, 0) is 11.3 Å². The molecule has 2 unspecified atom stereocenters. The van der Waals surface area contributed by atoms with E-state index in [-0.39, 0.29) is 18.0 Å². The van der Waals surface area contributed by atoms with Gasteiger partial charge in [0.2, 0.25) is 0 Å². The molecule has 18 heavy (non-hydrogen) atoms. The summed E-state index contributed by atoms with van der Waals surface area (Å²) in [6.45, 7) is 2.42. The largest absolute Gasteiger partial charge is 0.366 e. The topological polar surface area (TPSA) is 35.2 Å². The van der Waals surface area contributed by atoms with Crippen LogP contribution in [0.1, 0.15) is 23.5 Å². The minimum absolute atomic E-state index is 0.143. The van der Waals surface area contributed by atoms with Crippen LogP contribution in [0, 0.1) is 5.82 Å². The molecule has 0 fully saturated rings. The number of hydrogen-bond acceptors (Lipinski definition) is 3. The first-order valence-corrected chi connectivity index (χ1v) is 6.70. The fourth-order valence-electron chi connectivity index (χ4n) is 1.77. The number of nitrogens with two attached hydrogens (primary N) is 1. The number of hydrogen-bond donors (Lipinski definition) is 1. The van der Waals surface area contributed by atoms with Crippen molar-refractivity contribution in [2.24, 2.45) is 5.73 Å². The number of rotatable bonds is 5. The first kappa shape index (κ1) is 13.2. The Morgan fingerprint density at radius 1 is 1.28 bits per heavy atom. The zero-order valence-corrected chi connectivity index (χ0v) is 11.0. The molecule has 0 radical (unpaired) electrons. The molecular weight excluding hydrogens is 249 g/mol. The Balaban J connectivity index is 2.06. The smallest absolute Gasteiger partial charge is 0.123 e. The highest BCUT2D eigenvalue weighted by molar-refractivity contribution is 7.09. The van der Waals surface area contributed by atoms with Crippen LogP contribution in [0.4, 0.5) is 4.39 Å². The van der Waals surface area contributed by atoms with Crippen molar-refractivity contribution in [2.45, 2.75) is 25.7 Å². The van der Waals surface area contributed by atoms with Crippen molar-refractivity contribution in [3.8, 4) is 0 Å². The maximum atomic E-state index is 12.9. The molecule has 0 saturated carbocycles. The van der Waals surface area contributed by atoms with Gasteiger partial charge in [0.1, 0.15) is 5.82 Å². The first-order valence-electron chi connectivity index (χ1n) is 5.82. The molecule has 2 N–H and O–H groups in total. The lowest BCUT2D eigenvalue weighted by atomic mass is 10.0. The van der Waals surface area contributed by atoms with Crippen molar-refractivity contribution in [2.75, 3.05) is 0 Å². The van der Waals surface area contributed by atoms with E-state index in [1.54, 1.807) is 23.5 Å². The molecule has 0 saturated heterocycles. The Hall–Kier alpha value is -1.23. The van der Waals surface area contributed by atoms with Crippen molar-refractivity contribution in [3.05, 3.63) is 58.0 Å². The second-order valence-corrected chi connectivity index (χ2v) is 5.25. The van der Waals surface area contributed by atoms with Crippen molar-refractivity contribution >= 4 is 11.3 Å². The molecular formula is C14H16FNOS. The van der Waals surface area contributed by atoms with E-state index in [0.717, 1.165) is 10.4 Å². The van der Waals surface area contributed by atoms with Crippen LogP contribution in [0.2, 0.25) is 0 Å². The van der Waals surface area contributed by atoms with Gasteiger partial charge >= 0.3 is 0 Å². The summed E-state index contributed by atoms with van der Waals surface area (Å²) in [4.78, 5) is 1.16. The quantitative estimate of drug-likeness (QED) is 0.898. The fourth-order valence-corrected chi connectivity index (χ4v) is 2.40. The van der Waals surface area contributed by atoms with Gasteiger partial charge in [-0.3, -0.25) is 0 Å². The van der Waals surface area contributed by atoms with Crippen LogP contribution in [-0.4, -0.2) is 6.04 Å². The molecule has 1 heterocycles. The molecule has 0 bridgehead atoms. The average molecular weight is 265 g/mol.